The normalized spacial score (nSPS) is 13.6. The largest absolute Gasteiger partial charge is 0.479 e. The molecule has 0 amide bonds. The lowest BCUT2D eigenvalue weighted by Gasteiger charge is -2.43. The maximum atomic E-state index is 15.9. The molecule has 2 rings (SSSR count). The molecule has 2 aromatic rings. The Kier molecular flexibility index (Phi) is 11.0. The molecule has 0 fully saturated rings. The zero-order valence-corrected chi connectivity index (χ0v) is 23.4. The van der Waals surface area contributed by atoms with Crippen LogP contribution in [-0.2, 0) is 29.1 Å². The van der Waals surface area contributed by atoms with Gasteiger partial charge >= 0.3 is 76.8 Å². The molecule has 0 heterocycles. The lowest BCUT2D eigenvalue weighted by Crippen LogP contribution is -2.78. The van der Waals surface area contributed by atoms with Gasteiger partial charge < -0.3 is 24.8 Å². The van der Waals surface area contributed by atoms with E-state index in [2.05, 4.69) is 14.6 Å². The monoisotopic (exact) mass is 762 g/mol. The smallest absolute Gasteiger partial charge is 0.460 e. The maximum absolute atomic E-state index is 15.9. The fraction of sp³-hybridized carbons (Fsp3) is 0.240. The molecule has 3 N–H and O–H groups in total. The van der Waals surface area contributed by atoms with Crippen LogP contribution < -0.4 is 9.47 Å². The number of benzene rings is 2. The van der Waals surface area contributed by atoms with Gasteiger partial charge in [-0.25, -0.2) is 38.0 Å². The average molecular weight is 762 g/mol. The van der Waals surface area contributed by atoms with E-state index in [9.17, 15) is 82.1 Å². The summed E-state index contributed by atoms with van der Waals surface area (Å²) in [6.07, 6.45) is -7.82. The quantitative estimate of drug-likeness (QED) is 0.112. The van der Waals surface area contributed by atoms with E-state index in [-0.39, 0.29) is 12.1 Å². The fourth-order valence-electron chi connectivity index (χ4n) is 3.87. The van der Waals surface area contributed by atoms with Crippen molar-refractivity contribution in [2.24, 2.45) is 5.41 Å². The van der Waals surface area contributed by atoms with Gasteiger partial charge in [0.25, 0.3) is 0 Å². The van der Waals surface area contributed by atoms with Crippen LogP contribution in [0.4, 0.5) is 53.0 Å². The van der Waals surface area contributed by atoms with Gasteiger partial charge in [-0.3, -0.25) is 9.88 Å². The first kappa shape index (κ1) is 41.1. The third-order valence-electron chi connectivity index (χ3n) is 6.41. The molecule has 0 radical (unpaired) electrons. The molecule has 0 spiro atoms. The molecule has 2 aromatic carbocycles. The number of carboxylic acids is 3. The Morgan fingerprint density at radius 3 is 1.33 bits per heavy atom. The second kappa shape index (κ2) is 13.7. The lowest BCUT2D eigenvalue weighted by molar-refractivity contribution is -0.413. The Bertz CT molecular complexity index is 1760. The highest BCUT2D eigenvalue weighted by atomic mass is 19.4. The summed E-state index contributed by atoms with van der Waals surface area (Å²) in [6, 6.07) is 3.22. The van der Waals surface area contributed by atoms with Gasteiger partial charge in [-0.2, -0.15) is 39.5 Å². The highest BCUT2D eigenvalue weighted by molar-refractivity contribution is 6.23. The van der Waals surface area contributed by atoms with Crippen molar-refractivity contribution in [3.05, 3.63) is 59.2 Å². The van der Waals surface area contributed by atoms with Gasteiger partial charge in [-0.15, -0.1) is 0 Å². The Morgan fingerprint density at radius 2 is 0.961 bits per heavy atom. The Morgan fingerprint density at radius 1 is 0.529 bits per heavy atom. The molecule has 0 saturated heterocycles. The van der Waals surface area contributed by atoms with Crippen LogP contribution in [0.2, 0.25) is 0 Å². The molecular weight excluding hydrogens is 752 g/mol. The molecule has 51 heavy (non-hydrogen) atoms. The lowest BCUT2D eigenvalue weighted by atomic mass is 9.67. The number of aliphatic carboxylic acids is 1. The third-order valence-corrected chi connectivity index (χ3v) is 6.41. The predicted molar refractivity (Wildman–Crippen MR) is 127 cm³/mol. The van der Waals surface area contributed by atoms with Crippen molar-refractivity contribution < 1.29 is 121 Å². The number of hydrogen-bond acceptors (Lipinski definition) is 11. The van der Waals surface area contributed by atoms with Crippen molar-refractivity contribution in [3.63, 3.8) is 0 Å². The molecule has 0 aliphatic carbocycles. The van der Waals surface area contributed by atoms with Crippen molar-refractivity contribution in [1.82, 2.24) is 0 Å². The van der Waals surface area contributed by atoms with Gasteiger partial charge in [0, 0.05) is 9.05 Å². The minimum Gasteiger partial charge on any atom is -0.479 e. The van der Waals surface area contributed by atoms with Crippen molar-refractivity contribution in [3.8, 4) is 11.5 Å². The topological polar surface area (TPSA) is 217 Å². The third kappa shape index (κ3) is 6.38. The second-order valence-electron chi connectivity index (χ2n) is 9.28. The molecule has 0 bridgehead atoms. The minimum absolute atomic E-state index is 0.217. The van der Waals surface area contributed by atoms with E-state index in [1.54, 1.807) is 0 Å². The molecule has 0 aliphatic rings. The summed E-state index contributed by atoms with van der Waals surface area (Å²) in [5.41, 5.74) is -16.5. The van der Waals surface area contributed by atoms with Crippen LogP contribution in [0.3, 0.4) is 0 Å². The highest BCUT2D eigenvalue weighted by Gasteiger charge is 2.95. The first-order valence-corrected chi connectivity index (χ1v) is 12.1. The Balaban J connectivity index is 2.68. The number of halogens is 12. The summed E-state index contributed by atoms with van der Waals surface area (Å²) in [5, 5.41) is 27.2. The van der Waals surface area contributed by atoms with Crippen LogP contribution in [0.5, 0.6) is 11.5 Å². The summed E-state index contributed by atoms with van der Waals surface area (Å²) < 4.78 is 174. The van der Waals surface area contributed by atoms with Crippen molar-refractivity contribution in [2.75, 3.05) is 0 Å². The van der Waals surface area contributed by atoms with Crippen LogP contribution in [0, 0.1) is 5.41 Å². The van der Waals surface area contributed by atoms with Crippen LogP contribution in [0.1, 0.15) is 31.1 Å². The van der Waals surface area contributed by atoms with E-state index in [0.717, 1.165) is 6.07 Å². The summed E-state index contributed by atoms with van der Waals surface area (Å²) in [4.78, 5) is 87.6. The van der Waals surface area contributed by atoms with Crippen LogP contribution >= 0.6 is 0 Å². The highest BCUT2D eigenvalue weighted by Crippen LogP contribution is 2.61. The second-order valence-corrected chi connectivity index (χ2v) is 9.28. The molecular formula is C25H10F12O14. The fourth-order valence-corrected chi connectivity index (χ4v) is 3.87. The minimum atomic E-state index is -8.45. The predicted octanol–water partition coefficient (Wildman–Crippen LogP) is 4.31. The number of carboxylic acid groups (broad SMARTS) is 3. The van der Waals surface area contributed by atoms with E-state index in [1.165, 1.54) is 0 Å². The zero-order valence-electron chi connectivity index (χ0n) is 23.4. The van der Waals surface area contributed by atoms with E-state index >= 15 is 4.39 Å². The van der Waals surface area contributed by atoms with Gasteiger partial charge in [-0.05, 0) is 42.5 Å². The molecule has 26 heteroatoms. The van der Waals surface area contributed by atoms with Crippen molar-refractivity contribution in [2.45, 2.75) is 29.6 Å². The SMILES string of the molecule is O=C(Oc1ccc(OC(=O)C(C(=O)OF)(C(=O)OF)C(F)(C(=O)O)C(F)(F)C(F)(F)C(F)(F)C(F)(F)F)cc1)c1ccc(C(=O)O)c(C(=O)O)c1. The first-order valence-electron chi connectivity index (χ1n) is 12.1. The molecule has 278 valence electrons. The molecule has 0 aromatic heterocycles. The molecule has 14 nitrogen and oxygen atoms in total. The number of hydrogen-bond donors (Lipinski definition) is 3. The molecule has 0 aliphatic heterocycles. The summed E-state index contributed by atoms with van der Waals surface area (Å²) in [6.45, 7) is 0. The van der Waals surface area contributed by atoms with Gasteiger partial charge in [0.15, 0.2) is 0 Å². The standard InChI is InChI=1S/C25H10F12O14/c26-21(16(43)44,22(27,28)23(29,30)24(31,32)25(33,34)35)20(18(46)50-36,19(47)51-37)17(45)49-10-4-2-9(3-5-10)48-15(42)8-1-6-11(13(38)39)12(7-8)14(40)41/h1-7H,(H,38,39)(H,40,41)(H,43,44). The first-order chi connectivity index (χ1) is 23.1. The number of ether oxygens (including phenoxy) is 2. The van der Waals surface area contributed by atoms with E-state index in [1.807, 2.05) is 0 Å². The molecule has 0 saturated carbocycles. The van der Waals surface area contributed by atoms with E-state index < -0.39 is 105 Å². The number of carbonyl (C=O) groups excluding carboxylic acids is 4. The van der Waals surface area contributed by atoms with Crippen molar-refractivity contribution >= 4 is 41.8 Å². The van der Waals surface area contributed by atoms with Crippen molar-refractivity contribution in [1.29, 1.82) is 0 Å². The molecule has 1 atom stereocenters. The number of carbonyl (C=O) groups is 7. The number of esters is 2. The average Bonchev–Trinajstić information content (AvgIpc) is 3.03. The summed E-state index contributed by atoms with van der Waals surface area (Å²) in [7, 11) is 0. The number of alkyl halides is 10. The summed E-state index contributed by atoms with van der Waals surface area (Å²) in [5.74, 6) is -49.0. The Labute approximate surface area is 269 Å². The Hall–Kier alpha value is -6.11. The van der Waals surface area contributed by atoms with E-state index in [0.29, 0.717) is 24.3 Å². The van der Waals surface area contributed by atoms with Gasteiger partial charge in [0.05, 0.1) is 16.7 Å². The van der Waals surface area contributed by atoms with Crippen LogP contribution in [-0.4, -0.2) is 86.7 Å². The summed E-state index contributed by atoms with van der Waals surface area (Å²) >= 11 is 0. The number of rotatable bonds is 13. The van der Waals surface area contributed by atoms with E-state index in [4.69, 9.17) is 20.1 Å². The van der Waals surface area contributed by atoms with Gasteiger partial charge in [0.1, 0.15) is 11.5 Å². The number of aromatic carboxylic acids is 2. The maximum Gasteiger partial charge on any atom is 0.460 e. The molecule has 1 unspecified atom stereocenters. The van der Waals surface area contributed by atoms with Crippen LogP contribution in [0.15, 0.2) is 42.5 Å². The van der Waals surface area contributed by atoms with Gasteiger partial charge in [-0.1, -0.05) is 0 Å². The zero-order chi connectivity index (χ0) is 39.7. The van der Waals surface area contributed by atoms with Crippen LogP contribution in [0.25, 0.3) is 0 Å². The van der Waals surface area contributed by atoms with Gasteiger partial charge in [0.2, 0.25) is 0 Å².